The zero-order chi connectivity index (χ0) is 37.8. The Morgan fingerprint density at radius 3 is 2.00 bits per heavy atom. The number of fused-ring (bicyclic) bond motifs is 2. The lowest BCUT2D eigenvalue weighted by Gasteiger charge is -2.18. The van der Waals surface area contributed by atoms with Crippen molar-refractivity contribution in [1.29, 1.82) is 0 Å². The van der Waals surface area contributed by atoms with E-state index in [9.17, 15) is 22.8 Å². The third-order valence-corrected chi connectivity index (χ3v) is 8.47. The summed E-state index contributed by atoms with van der Waals surface area (Å²) in [6.07, 6.45) is -1.28. The summed E-state index contributed by atoms with van der Waals surface area (Å²) in [5.41, 5.74) is 4.25. The molecule has 268 valence electrons. The number of nitrogens with zero attached hydrogens (tertiary/aromatic N) is 5. The average Bonchev–Trinajstić information content (AvgIpc) is 3.09. The standard InChI is InChI=1S/C20H21ClN4O.C18H13ClF3N3O/c1-12-15(10-13-6-5-9-22-18(13)24-12)19(26)23-11-14-7-8-16(20(2,3)4)25-17(14)21;1-10-15(7-12-6-14(19)9-23-16(12)25-10)17(26)24-8-11-3-2-4-13(5-11)18(20,21)22/h5-10H,11H2,1-4H3,(H,23,26);2-7,9H,8H2,1H3,(H,24,26). The molecule has 0 bridgehead atoms. The molecule has 2 N–H and O–H groups in total. The van der Waals surface area contributed by atoms with Gasteiger partial charge in [0.2, 0.25) is 0 Å². The number of alkyl halides is 3. The van der Waals surface area contributed by atoms with E-state index in [2.05, 4.69) is 56.3 Å². The van der Waals surface area contributed by atoms with Crippen molar-refractivity contribution in [1.82, 2.24) is 35.6 Å². The van der Waals surface area contributed by atoms with E-state index < -0.39 is 17.6 Å². The molecule has 9 nitrogen and oxygen atoms in total. The Hall–Kier alpha value is -5.20. The van der Waals surface area contributed by atoms with Crippen molar-refractivity contribution >= 4 is 57.1 Å². The number of halogens is 5. The quantitative estimate of drug-likeness (QED) is 0.163. The second-order valence-corrected chi connectivity index (χ2v) is 13.7. The Kier molecular flexibility index (Phi) is 11.4. The van der Waals surface area contributed by atoms with Crippen LogP contribution in [0.15, 0.2) is 79.1 Å². The topological polar surface area (TPSA) is 123 Å². The minimum atomic E-state index is -4.43. The molecule has 0 spiro atoms. The Balaban J connectivity index is 0.000000201. The molecule has 6 rings (SSSR count). The van der Waals surface area contributed by atoms with Crippen LogP contribution in [0, 0.1) is 13.8 Å². The average molecular weight is 749 g/mol. The first-order chi connectivity index (χ1) is 24.5. The van der Waals surface area contributed by atoms with Crippen LogP contribution in [0.3, 0.4) is 0 Å². The molecule has 1 aromatic carbocycles. The molecule has 5 aromatic heterocycles. The van der Waals surface area contributed by atoms with E-state index in [-0.39, 0.29) is 17.9 Å². The molecular weight excluding hydrogens is 714 g/mol. The molecular formula is C38H34Cl2F3N7O2. The lowest BCUT2D eigenvalue weighted by atomic mass is 9.91. The van der Waals surface area contributed by atoms with Crippen molar-refractivity contribution < 1.29 is 22.8 Å². The molecule has 2 amide bonds. The Bertz CT molecular complexity index is 2290. The molecule has 0 fully saturated rings. The van der Waals surface area contributed by atoms with E-state index in [4.69, 9.17) is 23.2 Å². The largest absolute Gasteiger partial charge is 0.416 e. The van der Waals surface area contributed by atoms with Gasteiger partial charge in [0.05, 0.1) is 33.1 Å². The van der Waals surface area contributed by atoms with Gasteiger partial charge in [0.25, 0.3) is 11.8 Å². The van der Waals surface area contributed by atoms with Gasteiger partial charge in [-0.2, -0.15) is 13.2 Å². The van der Waals surface area contributed by atoms with Gasteiger partial charge in [-0.1, -0.05) is 62.2 Å². The number of rotatable bonds is 6. The van der Waals surface area contributed by atoms with Gasteiger partial charge in [-0.25, -0.2) is 24.9 Å². The fraction of sp³-hybridized carbons (Fsp3) is 0.237. The first-order valence-electron chi connectivity index (χ1n) is 16.0. The van der Waals surface area contributed by atoms with Crippen molar-refractivity contribution in [3.63, 3.8) is 0 Å². The number of carbonyl (C=O) groups is 2. The number of aromatic nitrogens is 5. The SMILES string of the molecule is Cc1nc2ncc(Cl)cc2cc1C(=O)NCc1cccc(C(F)(F)F)c1.Cc1nc2ncccc2cc1C(=O)NCc1ccc(C(C)(C)C)nc1Cl. The third kappa shape index (κ3) is 9.36. The van der Waals surface area contributed by atoms with E-state index in [1.807, 2.05) is 30.3 Å². The second-order valence-electron chi connectivity index (χ2n) is 13.0. The highest BCUT2D eigenvalue weighted by molar-refractivity contribution is 6.31. The van der Waals surface area contributed by atoms with Gasteiger partial charge in [0.15, 0.2) is 11.3 Å². The maximum Gasteiger partial charge on any atom is 0.416 e. The molecule has 0 saturated heterocycles. The number of hydrogen-bond acceptors (Lipinski definition) is 7. The molecule has 14 heteroatoms. The molecule has 6 aromatic rings. The van der Waals surface area contributed by atoms with Gasteiger partial charge in [-0.3, -0.25) is 9.59 Å². The number of pyridine rings is 5. The zero-order valence-corrected chi connectivity index (χ0v) is 30.4. The monoisotopic (exact) mass is 747 g/mol. The maximum atomic E-state index is 12.8. The highest BCUT2D eigenvalue weighted by atomic mass is 35.5. The molecule has 0 radical (unpaired) electrons. The van der Waals surface area contributed by atoms with Gasteiger partial charge >= 0.3 is 6.18 Å². The summed E-state index contributed by atoms with van der Waals surface area (Å²) in [6, 6.07) is 17.4. The minimum Gasteiger partial charge on any atom is -0.348 e. The number of benzene rings is 1. The number of carbonyl (C=O) groups excluding carboxylic acids is 2. The van der Waals surface area contributed by atoms with Gasteiger partial charge in [0, 0.05) is 52.9 Å². The summed E-state index contributed by atoms with van der Waals surface area (Å²) < 4.78 is 38.3. The van der Waals surface area contributed by atoms with Crippen LogP contribution in [0.1, 0.15) is 75.3 Å². The summed E-state index contributed by atoms with van der Waals surface area (Å²) in [7, 11) is 0. The summed E-state index contributed by atoms with van der Waals surface area (Å²) in [5.74, 6) is -0.633. The Morgan fingerprint density at radius 1 is 0.731 bits per heavy atom. The molecule has 0 aliphatic carbocycles. The van der Waals surface area contributed by atoms with Crippen molar-refractivity contribution in [2.24, 2.45) is 0 Å². The van der Waals surface area contributed by atoms with E-state index in [1.54, 1.807) is 32.2 Å². The predicted molar refractivity (Wildman–Crippen MR) is 195 cm³/mol. The van der Waals surface area contributed by atoms with Crippen molar-refractivity contribution in [3.05, 3.63) is 134 Å². The van der Waals surface area contributed by atoms with Gasteiger partial charge < -0.3 is 10.6 Å². The first kappa shape index (κ1) is 38.0. The normalized spacial score (nSPS) is 11.6. The summed E-state index contributed by atoms with van der Waals surface area (Å²) >= 11 is 12.2. The predicted octanol–water partition coefficient (Wildman–Crippen LogP) is 8.75. The Labute approximate surface area is 308 Å². The smallest absolute Gasteiger partial charge is 0.348 e. The third-order valence-electron chi connectivity index (χ3n) is 7.94. The van der Waals surface area contributed by atoms with Crippen LogP contribution in [0.2, 0.25) is 10.2 Å². The minimum absolute atomic E-state index is 0.0337. The fourth-order valence-corrected chi connectivity index (χ4v) is 5.49. The molecule has 5 heterocycles. The van der Waals surface area contributed by atoms with Crippen molar-refractivity contribution in [2.75, 3.05) is 0 Å². The maximum absolute atomic E-state index is 12.8. The molecule has 0 saturated carbocycles. The number of hydrogen-bond donors (Lipinski definition) is 2. The summed E-state index contributed by atoms with van der Waals surface area (Å²) in [6.45, 7) is 9.98. The fourth-order valence-electron chi connectivity index (χ4n) is 5.10. The molecule has 0 atom stereocenters. The Morgan fingerprint density at radius 2 is 1.37 bits per heavy atom. The summed E-state index contributed by atoms with van der Waals surface area (Å²) in [5, 5.41) is 7.77. The van der Waals surface area contributed by atoms with Gasteiger partial charge in [0.1, 0.15) is 5.15 Å². The molecule has 0 aliphatic heterocycles. The van der Waals surface area contributed by atoms with Gasteiger partial charge in [-0.05, 0) is 67.9 Å². The van der Waals surface area contributed by atoms with Crippen LogP contribution in [-0.4, -0.2) is 36.7 Å². The van der Waals surface area contributed by atoms with E-state index in [0.29, 0.717) is 61.5 Å². The number of aryl methyl sites for hydroxylation is 2. The lowest BCUT2D eigenvalue weighted by molar-refractivity contribution is -0.137. The van der Waals surface area contributed by atoms with E-state index in [1.165, 1.54) is 18.3 Å². The number of amides is 2. The van der Waals surface area contributed by atoms with Crippen LogP contribution in [0.25, 0.3) is 22.1 Å². The van der Waals surface area contributed by atoms with Crippen LogP contribution in [-0.2, 0) is 24.7 Å². The first-order valence-corrected chi connectivity index (χ1v) is 16.8. The second kappa shape index (κ2) is 15.6. The summed E-state index contributed by atoms with van der Waals surface area (Å²) in [4.78, 5) is 46.4. The zero-order valence-electron chi connectivity index (χ0n) is 28.9. The van der Waals surface area contributed by atoms with Crippen molar-refractivity contribution in [3.8, 4) is 0 Å². The number of nitrogens with one attached hydrogen (secondary N) is 2. The highest BCUT2D eigenvalue weighted by Crippen LogP contribution is 2.30. The molecule has 0 aliphatic rings. The molecule has 52 heavy (non-hydrogen) atoms. The van der Waals surface area contributed by atoms with E-state index in [0.717, 1.165) is 28.8 Å². The van der Waals surface area contributed by atoms with Crippen LogP contribution < -0.4 is 10.6 Å². The van der Waals surface area contributed by atoms with Crippen molar-refractivity contribution in [2.45, 2.75) is 59.3 Å². The van der Waals surface area contributed by atoms with Crippen LogP contribution in [0.5, 0.6) is 0 Å². The van der Waals surface area contributed by atoms with E-state index >= 15 is 0 Å². The van der Waals surface area contributed by atoms with Crippen LogP contribution in [0.4, 0.5) is 13.2 Å². The van der Waals surface area contributed by atoms with Crippen LogP contribution >= 0.6 is 23.2 Å². The lowest BCUT2D eigenvalue weighted by Crippen LogP contribution is -2.24. The highest BCUT2D eigenvalue weighted by Gasteiger charge is 2.30. The molecule has 0 unspecified atom stereocenters. The van der Waals surface area contributed by atoms with Gasteiger partial charge in [-0.15, -0.1) is 0 Å².